The molecule has 0 saturated heterocycles. The summed E-state index contributed by atoms with van der Waals surface area (Å²) in [6.45, 7) is 3.11. The topological polar surface area (TPSA) is 88.4 Å². The van der Waals surface area contributed by atoms with Crippen LogP contribution >= 0.6 is 11.3 Å². The van der Waals surface area contributed by atoms with Crippen molar-refractivity contribution in [1.82, 2.24) is 4.57 Å². The van der Waals surface area contributed by atoms with Crippen LogP contribution in [0.15, 0.2) is 41.4 Å². The highest BCUT2D eigenvalue weighted by Crippen LogP contribution is 2.35. The second-order valence-corrected chi connectivity index (χ2v) is 7.37. The molecule has 9 heteroatoms. The van der Waals surface area contributed by atoms with Crippen LogP contribution in [-0.2, 0) is 16.1 Å². The van der Waals surface area contributed by atoms with Gasteiger partial charge in [0.05, 0.1) is 29.5 Å². The number of esters is 1. The average Bonchev–Trinajstić information content (AvgIpc) is 3.08. The van der Waals surface area contributed by atoms with Crippen molar-refractivity contribution in [2.75, 3.05) is 26.9 Å². The zero-order valence-corrected chi connectivity index (χ0v) is 17.4. The largest absolute Gasteiger partial charge is 0.493 e. The molecular formula is C21H20N2O6S. The van der Waals surface area contributed by atoms with Crippen molar-refractivity contribution in [3.63, 3.8) is 0 Å². The van der Waals surface area contributed by atoms with Gasteiger partial charge in [-0.1, -0.05) is 23.5 Å². The summed E-state index contributed by atoms with van der Waals surface area (Å²) in [5, 5.41) is 0. The van der Waals surface area contributed by atoms with Gasteiger partial charge in [0, 0.05) is 12.1 Å². The summed E-state index contributed by atoms with van der Waals surface area (Å²) in [4.78, 5) is 29.6. The monoisotopic (exact) mass is 428 g/mol. The summed E-state index contributed by atoms with van der Waals surface area (Å²) in [5.74, 6) is 0.769. The molecular weight excluding hydrogens is 408 g/mol. The molecule has 156 valence electrons. The molecule has 1 aliphatic heterocycles. The van der Waals surface area contributed by atoms with Crippen LogP contribution in [0.2, 0.25) is 0 Å². The van der Waals surface area contributed by atoms with Gasteiger partial charge in [0.1, 0.15) is 25.5 Å². The van der Waals surface area contributed by atoms with Crippen LogP contribution in [0.25, 0.3) is 10.2 Å². The summed E-state index contributed by atoms with van der Waals surface area (Å²) >= 11 is 1.28. The summed E-state index contributed by atoms with van der Waals surface area (Å²) in [6.07, 6.45) is 0. The van der Waals surface area contributed by atoms with Crippen molar-refractivity contribution in [1.29, 1.82) is 0 Å². The van der Waals surface area contributed by atoms with Gasteiger partial charge >= 0.3 is 5.97 Å². The maximum absolute atomic E-state index is 12.9. The number of nitrogens with zero attached hydrogens (tertiary/aromatic N) is 2. The number of fused-ring (bicyclic) bond motifs is 2. The minimum absolute atomic E-state index is 0.0879. The Bertz CT molecular complexity index is 1180. The van der Waals surface area contributed by atoms with Gasteiger partial charge in [0.2, 0.25) is 0 Å². The molecule has 0 bridgehead atoms. The average molecular weight is 428 g/mol. The van der Waals surface area contributed by atoms with Gasteiger partial charge in [0.15, 0.2) is 16.3 Å². The van der Waals surface area contributed by atoms with Crippen LogP contribution in [-0.4, -0.2) is 43.4 Å². The SMILES string of the molecule is CCOc1ccccc1C(=O)N=c1sc2cc3c(cc2n1CC(=O)OC)OCCO3. The molecule has 0 aliphatic carbocycles. The third-order valence-corrected chi connectivity index (χ3v) is 5.52. The molecule has 0 fully saturated rings. The van der Waals surface area contributed by atoms with E-state index in [0.29, 0.717) is 53.0 Å². The van der Waals surface area contributed by atoms with Crippen molar-refractivity contribution >= 4 is 33.4 Å². The number of benzene rings is 2. The lowest BCUT2D eigenvalue weighted by Gasteiger charge is -2.18. The Balaban J connectivity index is 1.85. The summed E-state index contributed by atoms with van der Waals surface area (Å²) < 4.78 is 24.1. The maximum Gasteiger partial charge on any atom is 0.325 e. The molecule has 4 rings (SSSR count). The first-order chi connectivity index (χ1) is 14.6. The van der Waals surface area contributed by atoms with Crippen LogP contribution in [0.3, 0.4) is 0 Å². The van der Waals surface area contributed by atoms with E-state index in [9.17, 15) is 9.59 Å². The van der Waals surface area contributed by atoms with Crippen LogP contribution in [0.4, 0.5) is 0 Å². The van der Waals surface area contributed by atoms with Gasteiger partial charge < -0.3 is 23.5 Å². The third kappa shape index (κ3) is 3.88. The lowest BCUT2D eigenvalue weighted by molar-refractivity contribution is -0.141. The van der Waals surface area contributed by atoms with Gasteiger partial charge in [-0.3, -0.25) is 9.59 Å². The number of thiazole rings is 1. The number of rotatable bonds is 5. The van der Waals surface area contributed by atoms with Gasteiger partial charge in [0.25, 0.3) is 5.91 Å². The van der Waals surface area contributed by atoms with E-state index in [0.717, 1.165) is 4.70 Å². The van der Waals surface area contributed by atoms with Crippen LogP contribution in [0.1, 0.15) is 17.3 Å². The molecule has 30 heavy (non-hydrogen) atoms. The number of amides is 1. The van der Waals surface area contributed by atoms with Crippen molar-refractivity contribution in [2.45, 2.75) is 13.5 Å². The first kappa shape index (κ1) is 20.0. The molecule has 0 saturated carbocycles. The Morgan fingerprint density at radius 3 is 2.63 bits per heavy atom. The summed E-state index contributed by atoms with van der Waals surface area (Å²) in [5.41, 5.74) is 1.06. The summed E-state index contributed by atoms with van der Waals surface area (Å²) in [6, 6.07) is 10.6. The standard InChI is InChI=1S/C21H20N2O6S/c1-3-27-15-7-5-4-6-13(15)20(25)22-21-23(12-19(24)26-2)14-10-16-17(11-18(14)30-21)29-9-8-28-16/h4-7,10-11H,3,8-9,12H2,1-2H3. The predicted octanol–water partition coefficient (Wildman–Crippen LogP) is 2.79. The Labute approximate surface area is 176 Å². The van der Waals surface area contributed by atoms with E-state index in [1.165, 1.54) is 18.4 Å². The zero-order chi connectivity index (χ0) is 21.1. The number of methoxy groups -OCH3 is 1. The molecule has 0 unspecified atom stereocenters. The van der Waals surface area contributed by atoms with Gasteiger partial charge in [-0.25, -0.2) is 0 Å². The molecule has 1 amide bonds. The number of carbonyl (C=O) groups excluding carboxylic acids is 2. The first-order valence-electron chi connectivity index (χ1n) is 9.41. The lowest BCUT2D eigenvalue weighted by atomic mass is 10.2. The van der Waals surface area contributed by atoms with E-state index >= 15 is 0 Å². The fourth-order valence-corrected chi connectivity index (χ4v) is 4.15. The van der Waals surface area contributed by atoms with Crippen molar-refractivity contribution < 1.29 is 28.5 Å². The molecule has 1 aliphatic rings. The van der Waals surface area contributed by atoms with E-state index in [2.05, 4.69) is 4.99 Å². The maximum atomic E-state index is 12.9. The van der Waals surface area contributed by atoms with E-state index in [-0.39, 0.29) is 6.54 Å². The normalized spacial score (nSPS) is 13.3. The van der Waals surface area contributed by atoms with Gasteiger partial charge in [-0.05, 0) is 19.1 Å². The number of hydrogen-bond donors (Lipinski definition) is 0. The fraction of sp³-hybridized carbons (Fsp3) is 0.286. The second kappa shape index (κ2) is 8.58. The number of carbonyl (C=O) groups is 2. The molecule has 0 N–H and O–H groups in total. The number of ether oxygens (including phenoxy) is 4. The number of aromatic nitrogens is 1. The molecule has 0 radical (unpaired) electrons. The highest BCUT2D eigenvalue weighted by atomic mass is 32.1. The molecule has 2 aromatic carbocycles. The highest BCUT2D eigenvalue weighted by molar-refractivity contribution is 7.16. The third-order valence-electron chi connectivity index (χ3n) is 4.48. The second-order valence-electron chi connectivity index (χ2n) is 6.36. The fourth-order valence-electron chi connectivity index (χ4n) is 3.11. The molecule has 1 aromatic heterocycles. The quantitative estimate of drug-likeness (QED) is 0.581. The molecule has 8 nitrogen and oxygen atoms in total. The van der Waals surface area contributed by atoms with Gasteiger partial charge in [-0.2, -0.15) is 4.99 Å². The minimum Gasteiger partial charge on any atom is -0.493 e. The Morgan fingerprint density at radius 2 is 1.90 bits per heavy atom. The van der Waals surface area contributed by atoms with Crippen molar-refractivity contribution in [3.05, 3.63) is 46.8 Å². The number of para-hydroxylation sites is 1. The van der Waals surface area contributed by atoms with E-state index < -0.39 is 11.9 Å². The van der Waals surface area contributed by atoms with Gasteiger partial charge in [-0.15, -0.1) is 0 Å². The smallest absolute Gasteiger partial charge is 0.325 e. The molecule has 0 spiro atoms. The molecule has 0 atom stereocenters. The summed E-state index contributed by atoms with van der Waals surface area (Å²) in [7, 11) is 1.32. The van der Waals surface area contributed by atoms with E-state index in [1.807, 2.05) is 13.0 Å². The first-order valence-corrected chi connectivity index (χ1v) is 10.2. The van der Waals surface area contributed by atoms with Crippen LogP contribution < -0.4 is 19.0 Å². The minimum atomic E-state index is -0.457. The van der Waals surface area contributed by atoms with E-state index in [4.69, 9.17) is 18.9 Å². The lowest BCUT2D eigenvalue weighted by Crippen LogP contribution is -2.22. The van der Waals surface area contributed by atoms with Crippen LogP contribution in [0, 0.1) is 0 Å². The van der Waals surface area contributed by atoms with Crippen LogP contribution in [0.5, 0.6) is 17.2 Å². The molecule has 2 heterocycles. The Kier molecular flexibility index (Phi) is 5.71. The Hall–Kier alpha value is -3.33. The predicted molar refractivity (Wildman–Crippen MR) is 110 cm³/mol. The van der Waals surface area contributed by atoms with Crippen molar-refractivity contribution in [3.8, 4) is 17.2 Å². The molecule has 3 aromatic rings. The zero-order valence-electron chi connectivity index (χ0n) is 16.5. The van der Waals surface area contributed by atoms with E-state index in [1.54, 1.807) is 34.9 Å². The van der Waals surface area contributed by atoms with Crippen molar-refractivity contribution in [2.24, 2.45) is 4.99 Å². The number of hydrogen-bond acceptors (Lipinski definition) is 7. The Morgan fingerprint density at radius 1 is 1.17 bits per heavy atom. The highest BCUT2D eigenvalue weighted by Gasteiger charge is 2.19.